The number of benzene rings is 2. The number of hydrogen-bond acceptors (Lipinski definition) is 0. The van der Waals surface area contributed by atoms with Crippen molar-refractivity contribution in [3.63, 3.8) is 0 Å². The molecule has 0 spiro atoms. The van der Waals surface area contributed by atoms with Gasteiger partial charge in [-0.15, -0.1) is 0 Å². The summed E-state index contributed by atoms with van der Waals surface area (Å²) in [6.07, 6.45) is 5.49. The lowest BCUT2D eigenvalue weighted by Gasteiger charge is -2.06. The van der Waals surface area contributed by atoms with Gasteiger partial charge in [-0.2, -0.15) is 0 Å². The molecule has 0 heterocycles. The highest BCUT2D eigenvalue weighted by molar-refractivity contribution is 5.75. The quantitative estimate of drug-likeness (QED) is 0.520. The first-order chi connectivity index (χ1) is 7.83. The third-order valence-electron chi connectivity index (χ3n) is 3.18. The highest BCUT2D eigenvalue weighted by Gasteiger charge is 2.08. The zero-order valence-corrected chi connectivity index (χ0v) is 9.40. The molecule has 2 aromatic rings. The molecule has 1 aliphatic carbocycles. The molecule has 16 heavy (non-hydrogen) atoms. The van der Waals surface area contributed by atoms with Gasteiger partial charge in [0.1, 0.15) is 0 Å². The second-order valence-corrected chi connectivity index (χ2v) is 4.41. The van der Waals surface area contributed by atoms with Gasteiger partial charge in [0.05, 0.1) is 0 Å². The molecule has 0 nitrogen and oxygen atoms in total. The Bertz CT molecular complexity index is 562. The summed E-state index contributed by atoms with van der Waals surface area (Å²) in [7, 11) is 0. The minimum Gasteiger partial charge on any atom is -0.0619 e. The molecule has 0 atom stereocenters. The zero-order chi connectivity index (χ0) is 11.0. The fourth-order valence-electron chi connectivity index (χ4n) is 2.27. The standard InChI is InChI=1S/C16H14/c1-12-6-7-16-11-14-5-3-2-4-13(14)8-9-15(16)10-12/h2-10H,11H2,1H3. The molecular formula is C16H14. The van der Waals surface area contributed by atoms with E-state index in [4.69, 9.17) is 0 Å². The van der Waals surface area contributed by atoms with Crippen molar-refractivity contribution in [3.05, 3.63) is 70.3 Å². The smallest absolute Gasteiger partial charge is 0.00139 e. The largest absolute Gasteiger partial charge is 0.0619 e. The zero-order valence-electron chi connectivity index (χ0n) is 9.40. The van der Waals surface area contributed by atoms with Crippen molar-refractivity contribution in [2.45, 2.75) is 13.3 Å². The van der Waals surface area contributed by atoms with Gasteiger partial charge in [-0.3, -0.25) is 0 Å². The summed E-state index contributed by atoms with van der Waals surface area (Å²) in [5.74, 6) is 0. The van der Waals surface area contributed by atoms with Crippen molar-refractivity contribution < 1.29 is 0 Å². The Kier molecular flexibility index (Phi) is 2.14. The lowest BCUT2D eigenvalue weighted by Crippen LogP contribution is -1.92. The van der Waals surface area contributed by atoms with Gasteiger partial charge in [0, 0.05) is 0 Å². The Labute approximate surface area is 96.3 Å². The third kappa shape index (κ3) is 1.57. The van der Waals surface area contributed by atoms with Crippen LogP contribution in [0.25, 0.3) is 12.2 Å². The van der Waals surface area contributed by atoms with Crippen LogP contribution in [0, 0.1) is 6.92 Å². The molecule has 0 saturated heterocycles. The van der Waals surface area contributed by atoms with E-state index in [1.54, 1.807) is 0 Å². The van der Waals surface area contributed by atoms with Crippen LogP contribution < -0.4 is 0 Å². The van der Waals surface area contributed by atoms with Crippen molar-refractivity contribution >= 4 is 12.2 Å². The lowest BCUT2D eigenvalue weighted by atomic mass is 9.99. The normalized spacial score (nSPS) is 12.8. The van der Waals surface area contributed by atoms with Crippen molar-refractivity contribution in [3.8, 4) is 0 Å². The molecule has 0 amide bonds. The molecule has 78 valence electrons. The molecule has 0 aromatic heterocycles. The first-order valence-corrected chi connectivity index (χ1v) is 5.68. The van der Waals surface area contributed by atoms with Crippen molar-refractivity contribution in [2.75, 3.05) is 0 Å². The molecule has 0 heteroatoms. The van der Waals surface area contributed by atoms with Crippen molar-refractivity contribution in [1.29, 1.82) is 0 Å². The maximum Gasteiger partial charge on any atom is -0.00139 e. The van der Waals surface area contributed by atoms with Crippen LogP contribution in [0.1, 0.15) is 27.8 Å². The van der Waals surface area contributed by atoms with Crippen LogP contribution in [-0.2, 0) is 6.42 Å². The Morgan fingerprint density at radius 3 is 2.50 bits per heavy atom. The van der Waals surface area contributed by atoms with Crippen LogP contribution in [0.3, 0.4) is 0 Å². The van der Waals surface area contributed by atoms with E-state index in [0.29, 0.717) is 0 Å². The molecule has 0 radical (unpaired) electrons. The predicted octanol–water partition coefficient (Wildman–Crippen LogP) is 4.07. The van der Waals surface area contributed by atoms with E-state index in [1.807, 2.05) is 0 Å². The second kappa shape index (κ2) is 3.64. The van der Waals surface area contributed by atoms with Crippen LogP contribution in [-0.4, -0.2) is 0 Å². The molecule has 2 aromatic carbocycles. The van der Waals surface area contributed by atoms with E-state index < -0.39 is 0 Å². The third-order valence-corrected chi connectivity index (χ3v) is 3.18. The summed E-state index contributed by atoms with van der Waals surface area (Å²) in [6, 6.07) is 15.3. The van der Waals surface area contributed by atoms with Crippen LogP contribution in [0.2, 0.25) is 0 Å². The van der Waals surface area contributed by atoms with Gasteiger partial charge in [0.25, 0.3) is 0 Å². The van der Waals surface area contributed by atoms with Crippen LogP contribution in [0.4, 0.5) is 0 Å². The van der Waals surface area contributed by atoms with E-state index in [0.717, 1.165) is 6.42 Å². The predicted molar refractivity (Wildman–Crippen MR) is 69.4 cm³/mol. The van der Waals surface area contributed by atoms with E-state index in [2.05, 4.69) is 61.5 Å². The molecular weight excluding hydrogens is 192 g/mol. The highest BCUT2D eigenvalue weighted by atomic mass is 14.1. The van der Waals surface area contributed by atoms with Gasteiger partial charge in [-0.05, 0) is 35.6 Å². The summed E-state index contributed by atoms with van der Waals surface area (Å²) < 4.78 is 0. The highest BCUT2D eigenvalue weighted by Crippen LogP contribution is 2.25. The average molecular weight is 206 g/mol. The number of aryl methyl sites for hydroxylation is 1. The molecule has 0 bridgehead atoms. The van der Waals surface area contributed by atoms with Gasteiger partial charge < -0.3 is 0 Å². The number of fused-ring (bicyclic) bond motifs is 2. The fourth-order valence-corrected chi connectivity index (χ4v) is 2.27. The summed E-state index contributed by atoms with van der Waals surface area (Å²) in [6.45, 7) is 2.14. The number of hydrogen-bond donors (Lipinski definition) is 0. The van der Waals surface area contributed by atoms with Gasteiger partial charge in [0.2, 0.25) is 0 Å². The Balaban J connectivity index is 2.17. The van der Waals surface area contributed by atoms with E-state index in [1.165, 1.54) is 27.8 Å². The summed E-state index contributed by atoms with van der Waals surface area (Å²) >= 11 is 0. The first-order valence-electron chi connectivity index (χ1n) is 5.68. The SMILES string of the molecule is Cc1ccc2c(c1)C=Cc1ccccc1C2. The van der Waals surface area contributed by atoms with Gasteiger partial charge >= 0.3 is 0 Å². The van der Waals surface area contributed by atoms with Gasteiger partial charge in [0.15, 0.2) is 0 Å². The first kappa shape index (κ1) is 9.41. The summed E-state index contributed by atoms with van der Waals surface area (Å²) in [5.41, 5.74) is 6.87. The molecule has 3 rings (SSSR count). The molecule has 0 aliphatic heterocycles. The molecule has 0 saturated carbocycles. The van der Waals surface area contributed by atoms with E-state index >= 15 is 0 Å². The number of rotatable bonds is 0. The average Bonchev–Trinajstić information content (AvgIpc) is 2.48. The lowest BCUT2D eigenvalue weighted by molar-refractivity contribution is 1.18. The topological polar surface area (TPSA) is 0 Å². The minimum absolute atomic E-state index is 1.04. The molecule has 0 N–H and O–H groups in total. The van der Waals surface area contributed by atoms with Crippen molar-refractivity contribution in [2.24, 2.45) is 0 Å². The molecule has 1 aliphatic rings. The monoisotopic (exact) mass is 206 g/mol. The van der Waals surface area contributed by atoms with Crippen LogP contribution >= 0.6 is 0 Å². The van der Waals surface area contributed by atoms with Crippen LogP contribution in [0.15, 0.2) is 42.5 Å². The Hall–Kier alpha value is -1.82. The maximum absolute atomic E-state index is 2.26. The van der Waals surface area contributed by atoms with Crippen molar-refractivity contribution in [1.82, 2.24) is 0 Å². The summed E-state index contributed by atoms with van der Waals surface area (Å²) in [4.78, 5) is 0. The van der Waals surface area contributed by atoms with Gasteiger partial charge in [-0.1, -0.05) is 60.2 Å². The maximum atomic E-state index is 2.26. The van der Waals surface area contributed by atoms with Gasteiger partial charge in [-0.25, -0.2) is 0 Å². The van der Waals surface area contributed by atoms with Crippen LogP contribution in [0.5, 0.6) is 0 Å². The minimum atomic E-state index is 1.04. The van der Waals surface area contributed by atoms with E-state index in [9.17, 15) is 0 Å². The van der Waals surface area contributed by atoms with E-state index in [-0.39, 0.29) is 0 Å². The Morgan fingerprint density at radius 2 is 1.56 bits per heavy atom. The molecule has 0 unspecified atom stereocenters. The molecule has 0 fully saturated rings. The second-order valence-electron chi connectivity index (χ2n) is 4.41. The fraction of sp³-hybridized carbons (Fsp3) is 0.125. The Morgan fingerprint density at radius 1 is 0.812 bits per heavy atom. The summed E-state index contributed by atoms with van der Waals surface area (Å²) in [5, 5.41) is 0.